The highest BCUT2D eigenvalue weighted by Gasteiger charge is 2.38. The number of ether oxygens (including phenoxy) is 2. The van der Waals surface area contributed by atoms with Gasteiger partial charge in [0.25, 0.3) is 0 Å². The van der Waals surface area contributed by atoms with Crippen molar-refractivity contribution in [2.45, 2.75) is 97.6 Å². The molecule has 3 N–H and O–H groups in total. The molecule has 11 heteroatoms. The SMILES string of the molecule is CC(C)CC(NC(=O)OC(C)(C)C)C(=O)N(CC#N)C(C(=O)NC(Cc1ccccc1)C(=O)OC(C)(C)C)c1ccc(O)cc1. The van der Waals surface area contributed by atoms with Crippen molar-refractivity contribution in [1.29, 1.82) is 5.26 Å². The molecule has 0 saturated carbocycles. The highest BCUT2D eigenvalue weighted by atomic mass is 16.6. The second-order valence-corrected chi connectivity index (χ2v) is 13.2. The second kappa shape index (κ2) is 15.9. The number of nitriles is 1. The number of nitrogens with one attached hydrogen (secondary N) is 2. The molecule has 0 bridgehead atoms. The predicted molar refractivity (Wildman–Crippen MR) is 169 cm³/mol. The minimum atomic E-state index is -1.41. The van der Waals surface area contributed by atoms with Crippen LogP contribution in [0.1, 0.15) is 79.0 Å². The number of hydrogen-bond donors (Lipinski definition) is 3. The molecule has 0 spiro atoms. The molecule has 45 heavy (non-hydrogen) atoms. The van der Waals surface area contributed by atoms with Crippen molar-refractivity contribution >= 4 is 23.9 Å². The van der Waals surface area contributed by atoms with E-state index in [4.69, 9.17) is 9.47 Å². The van der Waals surface area contributed by atoms with Crippen LogP contribution in [0.2, 0.25) is 0 Å². The fourth-order valence-electron chi connectivity index (χ4n) is 4.51. The number of phenols is 1. The molecule has 11 nitrogen and oxygen atoms in total. The van der Waals surface area contributed by atoms with Gasteiger partial charge in [0.1, 0.15) is 41.6 Å². The van der Waals surface area contributed by atoms with Crippen LogP contribution in [0.4, 0.5) is 4.79 Å². The third-order valence-corrected chi connectivity index (χ3v) is 6.28. The standard InChI is InChI=1S/C34H46N4O7/c1-22(2)20-26(37-32(43)45-34(6,7)8)30(41)38(19-18-35)28(24-14-16-25(39)17-15-24)29(40)36-27(31(42)44-33(3,4)5)21-23-12-10-9-11-13-23/h9-17,22,26-28,39H,19-21H2,1-8H3,(H,36,40)(H,37,43). The average molecular weight is 623 g/mol. The fourth-order valence-corrected chi connectivity index (χ4v) is 4.51. The van der Waals surface area contributed by atoms with Crippen LogP contribution in [-0.4, -0.2) is 63.7 Å². The predicted octanol–water partition coefficient (Wildman–Crippen LogP) is 4.79. The Hall–Kier alpha value is -4.59. The lowest BCUT2D eigenvalue weighted by atomic mass is 9.98. The molecule has 0 aliphatic carbocycles. The highest BCUT2D eigenvalue weighted by molar-refractivity contribution is 5.94. The van der Waals surface area contributed by atoms with Crippen LogP contribution in [0.25, 0.3) is 0 Å². The number of esters is 1. The largest absolute Gasteiger partial charge is 0.508 e. The van der Waals surface area contributed by atoms with E-state index < -0.39 is 59.7 Å². The lowest BCUT2D eigenvalue weighted by Crippen LogP contribution is -2.55. The summed E-state index contributed by atoms with van der Waals surface area (Å²) in [5.74, 6) is -2.25. The summed E-state index contributed by atoms with van der Waals surface area (Å²) >= 11 is 0. The van der Waals surface area contributed by atoms with Gasteiger partial charge in [-0.05, 0) is 77.1 Å². The molecule has 3 atom stereocenters. The topological polar surface area (TPSA) is 158 Å². The van der Waals surface area contributed by atoms with Crippen molar-refractivity contribution < 1.29 is 33.8 Å². The Bertz CT molecular complexity index is 1340. The van der Waals surface area contributed by atoms with Gasteiger partial charge in [-0.2, -0.15) is 5.26 Å². The number of phenolic OH excluding ortho intramolecular Hbond substituents is 1. The number of hydrogen-bond acceptors (Lipinski definition) is 8. The molecule has 0 heterocycles. The lowest BCUT2D eigenvalue weighted by Gasteiger charge is -2.34. The molecule has 244 valence electrons. The number of amides is 3. The van der Waals surface area contributed by atoms with Gasteiger partial charge < -0.3 is 30.1 Å². The van der Waals surface area contributed by atoms with Crippen molar-refractivity contribution in [2.24, 2.45) is 5.92 Å². The molecule has 0 aliphatic rings. The molecule has 0 fully saturated rings. The molecule has 0 aliphatic heterocycles. The van der Waals surface area contributed by atoms with E-state index in [1.807, 2.05) is 50.2 Å². The molecular formula is C34H46N4O7. The van der Waals surface area contributed by atoms with Crippen LogP contribution >= 0.6 is 0 Å². The van der Waals surface area contributed by atoms with Crippen LogP contribution in [-0.2, 0) is 30.3 Å². The van der Waals surface area contributed by atoms with E-state index in [-0.39, 0.29) is 30.1 Å². The quantitative estimate of drug-likeness (QED) is 0.225. The van der Waals surface area contributed by atoms with Gasteiger partial charge in [0, 0.05) is 6.42 Å². The van der Waals surface area contributed by atoms with Crippen molar-refractivity contribution in [2.75, 3.05) is 6.54 Å². The van der Waals surface area contributed by atoms with E-state index in [1.165, 1.54) is 24.3 Å². The van der Waals surface area contributed by atoms with Gasteiger partial charge in [-0.1, -0.05) is 56.3 Å². The Labute approximate surface area is 265 Å². The van der Waals surface area contributed by atoms with Gasteiger partial charge in [0.05, 0.1) is 6.07 Å². The van der Waals surface area contributed by atoms with Crippen molar-refractivity contribution in [3.8, 4) is 11.8 Å². The number of alkyl carbamates (subject to hydrolysis) is 1. The van der Waals surface area contributed by atoms with E-state index in [1.54, 1.807) is 41.5 Å². The van der Waals surface area contributed by atoms with Crippen LogP contribution in [0, 0.1) is 17.2 Å². The number of nitrogens with zero attached hydrogens (tertiary/aromatic N) is 2. The van der Waals surface area contributed by atoms with Crippen LogP contribution in [0.3, 0.4) is 0 Å². The third-order valence-electron chi connectivity index (χ3n) is 6.28. The third kappa shape index (κ3) is 12.5. The monoisotopic (exact) mass is 622 g/mol. The van der Waals surface area contributed by atoms with Gasteiger partial charge >= 0.3 is 12.1 Å². The fraction of sp³-hybridized carbons (Fsp3) is 0.500. The Morgan fingerprint density at radius 3 is 1.96 bits per heavy atom. The second-order valence-electron chi connectivity index (χ2n) is 13.2. The highest BCUT2D eigenvalue weighted by Crippen LogP contribution is 2.26. The first-order valence-electron chi connectivity index (χ1n) is 14.9. The molecule has 3 unspecified atom stereocenters. The molecule has 3 amide bonds. The zero-order valence-corrected chi connectivity index (χ0v) is 27.4. The van der Waals surface area contributed by atoms with Gasteiger partial charge in [0.2, 0.25) is 11.8 Å². The first-order chi connectivity index (χ1) is 20.9. The van der Waals surface area contributed by atoms with Gasteiger partial charge in [-0.25, -0.2) is 9.59 Å². The van der Waals surface area contributed by atoms with E-state index in [0.29, 0.717) is 0 Å². The molecule has 2 aromatic carbocycles. The van der Waals surface area contributed by atoms with Gasteiger partial charge in [-0.3, -0.25) is 9.59 Å². The maximum absolute atomic E-state index is 14.2. The Morgan fingerprint density at radius 2 is 1.44 bits per heavy atom. The number of carbonyl (C=O) groups excluding carboxylic acids is 4. The minimum absolute atomic E-state index is 0.0545. The average Bonchev–Trinajstić information content (AvgIpc) is 2.91. The van der Waals surface area contributed by atoms with Crippen molar-refractivity contribution in [1.82, 2.24) is 15.5 Å². The number of rotatable bonds is 12. The van der Waals surface area contributed by atoms with Gasteiger partial charge in [-0.15, -0.1) is 0 Å². The first kappa shape index (κ1) is 36.6. The summed E-state index contributed by atoms with van der Waals surface area (Å²) in [6, 6.07) is 13.0. The van der Waals surface area contributed by atoms with Crippen molar-refractivity contribution in [3.05, 3.63) is 65.7 Å². The Kier molecular flexibility index (Phi) is 13.0. The minimum Gasteiger partial charge on any atom is -0.508 e. The van der Waals surface area contributed by atoms with Crippen molar-refractivity contribution in [3.63, 3.8) is 0 Å². The van der Waals surface area contributed by atoms with Crippen LogP contribution in [0.5, 0.6) is 5.75 Å². The molecule has 2 rings (SSSR count). The first-order valence-corrected chi connectivity index (χ1v) is 14.9. The summed E-state index contributed by atoms with van der Waals surface area (Å²) < 4.78 is 11.0. The summed E-state index contributed by atoms with van der Waals surface area (Å²) in [7, 11) is 0. The van der Waals surface area contributed by atoms with E-state index in [0.717, 1.165) is 10.5 Å². The molecular weight excluding hydrogens is 576 g/mol. The number of benzene rings is 2. The Morgan fingerprint density at radius 1 is 0.867 bits per heavy atom. The zero-order valence-electron chi connectivity index (χ0n) is 27.4. The lowest BCUT2D eigenvalue weighted by molar-refractivity contribution is -0.159. The maximum Gasteiger partial charge on any atom is 0.408 e. The number of carbonyl (C=O) groups is 4. The van der Waals surface area contributed by atoms with E-state index in [2.05, 4.69) is 10.6 Å². The number of aromatic hydroxyl groups is 1. The molecule has 0 radical (unpaired) electrons. The Balaban J connectivity index is 2.57. The van der Waals surface area contributed by atoms with E-state index in [9.17, 15) is 29.5 Å². The molecule has 0 aromatic heterocycles. The van der Waals surface area contributed by atoms with Gasteiger partial charge in [0.15, 0.2) is 0 Å². The smallest absolute Gasteiger partial charge is 0.408 e. The van der Waals surface area contributed by atoms with Crippen LogP contribution < -0.4 is 10.6 Å². The maximum atomic E-state index is 14.2. The van der Waals surface area contributed by atoms with Crippen LogP contribution in [0.15, 0.2) is 54.6 Å². The summed E-state index contributed by atoms with van der Waals surface area (Å²) in [5.41, 5.74) is -0.630. The summed E-state index contributed by atoms with van der Waals surface area (Å²) in [4.78, 5) is 55.4. The summed E-state index contributed by atoms with van der Waals surface area (Å²) in [6.45, 7) is 13.4. The molecule has 2 aromatic rings. The summed E-state index contributed by atoms with van der Waals surface area (Å²) in [6.07, 6.45) is -0.526. The zero-order chi connectivity index (χ0) is 33.9. The van der Waals surface area contributed by atoms with E-state index >= 15 is 0 Å². The normalized spacial score (nSPS) is 13.5. The summed E-state index contributed by atoms with van der Waals surface area (Å²) in [5, 5.41) is 25.1. The molecule has 0 saturated heterocycles.